The van der Waals surface area contributed by atoms with Crippen molar-refractivity contribution in [1.29, 1.82) is 0 Å². The molecule has 2 fully saturated rings. The highest BCUT2D eigenvalue weighted by Gasteiger charge is 2.44. The van der Waals surface area contributed by atoms with E-state index in [4.69, 9.17) is 0 Å². The monoisotopic (exact) mass is 316 g/mol. The quantitative estimate of drug-likeness (QED) is 0.862. The van der Waals surface area contributed by atoms with Crippen LogP contribution >= 0.6 is 0 Å². The fourth-order valence-corrected chi connectivity index (χ4v) is 4.24. The van der Waals surface area contributed by atoms with E-state index in [1.807, 2.05) is 13.8 Å². The highest BCUT2D eigenvalue weighted by Crippen LogP contribution is 2.35. The minimum atomic E-state index is -3.05. The fourth-order valence-electron chi connectivity index (χ4n) is 3.84. The Kier molecular flexibility index (Phi) is 4.77. The molecule has 1 saturated heterocycles. The predicted molar refractivity (Wildman–Crippen MR) is 88.3 cm³/mol. The lowest BCUT2D eigenvalue weighted by Gasteiger charge is -2.49. The Morgan fingerprint density at radius 2 is 1.86 bits per heavy atom. The number of hydrogen-bond acceptors (Lipinski definition) is 4. The van der Waals surface area contributed by atoms with E-state index in [-0.39, 0.29) is 5.54 Å². The van der Waals surface area contributed by atoms with Gasteiger partial charge >= 0.3 is 0 Å². The SMILES string of the molecule is CC(C)C1CNC2(CCCC2)CN1CC(C)(C)S(C)(=O)=O. The average Bonchev–Trinajstić information content (AvgIpc) is 2.75. The summed E-state index contributed by atoms with van der Waals surface area (Å²) in [6.45, 7) is 10.8. The summed E-state index contributed by atoms with van der Waals surface area (Å²) < 4.78 is 23.5. The Morgan fingerprint density at radius 1 is 1.29 bits per heavy atom. The van der Waals surface area contributed by atoms with Crippen LogP contribution in [-0.4, -0.2) is 55.5 Å². The van der Waals surface area contributed by atoms with Gasteiger partial charge in [-0.3, -0.25) is 4.90 Å². The van der Waals surface area contributed by atoms with E-state index in [0.717, 1.165) is 13.1 Å². The lowest BCUT2D eigenvalue weighted by Crippen LogP contribution is -2.66. The van der Waals surface area contributed by atoms with E-state index >= 15 is 0 Å². The summed E-state index contributed by atoms with van der Waals surface area (Å²) in [5, 5.41) is 3.79. The molecular formula is C16H32N2O2S. The second-order valence-electron chi connectivity index (χ2n) is 8.12. The van der Waals surface area contributed by atoms with Crippen molar-refractivity contribution >= 4 is 9.84 Å². The molecule has 0 aromatic carbocycles. The second kappa shape index (κ2) is 5.82. The van der Waals surface area contributed by atoms with Crippen LogP contribution in [0.1, 0.15) is 53.4 Å². The van der Waals surface area contributed by atoms with Gasteiger partial charge in [-0.25, -0.2) is 8.42 Å². The van der Waals surface area contributed by atoms with Gasteiger partial charge in [0.25, 0.3) is 0 Å². The van der Waals surface area contributed by atoms with E-state index in [1.165, 1.54) is 31.9 Å². The molecule has 124 valence electrons. The molecule has 0 bridgehead atoms. The van der Waals surface area contributed by atoms with Gasteiger partial charge in [-0.2, -0.15) is 0 Å². The van der Waals surface area contributed by atoms with Crippen molar-refractivity contribution in [3.63, 3.8) is 0 Å². The summed E-state index contributed by atoms with van der Waals surface area (Å²) in [5.74, 6) is 0.534. The first-order chi connectivity index (χ1) is 9.56. The van der Waals surface area contributed by atoms with Gasteiger partial charge in [0.2, 0.25) is 0 Å². The van der Waals surface area contributed by atoms with Crippen molar-refractivity contribution in [1.82, 2.24) is 10.2 Å². The highest BCUT2D eigenvalue weighted by atomic mass is 32.2. The van der Waals surface area contributed by atoms with E-state index in [1.54, 1.807) is 0 Å². The van der Waals surface area contributed by atoms with Crippen molar-refractivity contribution in [2.75, 3.05) is 25.9 Å². The Labute approximate surface area is 130 Å². The maximum atomic E-state index is 12.1. The smallest absolute Gasteiger partial charge is 0.153 e. The lowest BCUT2D eigenvalue weighted by molar-refractivity contribution is 0.0509. The molecule has 1 saturated carbocycles. The van der Waals surface area contributed by atoms with Gasteiger partial charge in [0.15, 0.2) is 9.84 Å². The Hall–Kier alpha value is -0.130. The molecule has 1 N–H and O–H groups in total. The summed E-state index contributed by atoms with van der Waals surface area (Å²) in [5.41, 5.74) is 0.235. The number of nitrogens with one attached hydrogen (secondary N) is 1. The van der Waals surface area contributed by atoms with Gasteiger partial charge in [-0.1, -0.05) is 26.7 Å². The number of piperazine rings is 1. The first-order valence-corrected chi connectivity index (χ1v) is 10.1. The summed E-state index contributed by atoms with van der Waals surface area (Å²) in [6.07, 6.45) is 6.41. The van der Waals surface area contributed by atoms with E-state index in [0.29, 0.717) is 18.5 Å². The molecule has 1 heterocycles. The molecule has 0 amide bonds. The van der Waals surface area contributed by atoms with Gasteiger partial charge in [0.1, 0.15) is 0 Å². The normalized spacial score (nSPS) is 27.6. The molecule has 1 aliphatic heterocycles. The van der Waals surface area contributed by atoms with Crippen LogP contribution in [0.2, 0.25) is 0 Å². The molecule has 1 atom stereocenters. The number of nitrogens with zero attached hydrogens (tertiary/aromatic N) is 1. The topological polar surface area (TPSA) is 49.4 Å². The predicted octanol–water partition coefficient (Wildman–Crippen LogP) is 2.05. The van der Waals surface area contributed by atoms with Gasteiger partial charge in [-0.05, 0) is 32.6 Å². The van der Waals surface area contributed by atoms with Crippen LogP contribution in [-0.2, 0) is 9.84 Å². The summed E-state index contributed by atoms with van der Waals surface area (Å²) in [7, 11) is -3.05. The molecule has 0 aromatic rings. The molecule has 1 aliphatic carbocycles. The lowest BCUT2D eigenvalue weighted by atomic mass is 9.88. The molecule has 0 aromatic heterocycles. The average molecular weight is 317 g/mol. The third-order valence-electron chi connectivity index (χ3n) is 5.58. The van der Waals surface area contributed by atoms with Crippen molar-refractivity contribution in [3.05, 3.63) is 0 Å². The molecule has 4 nitrogen and oxygen atoms in total. The van der Waals surface area contributed by atoms with E-state index < -0.39 is 14.6 Å². The van der Waals surface area contributed by atoms with Crippen LogP contribution < -0.4 is 5.32 Å². The van der Waals surface area contributed by atoms with Crippen molar-refractivity contribution in [3.8, 4) is 0 Å². The van der Waals surface area contributed by atoms with Crippen LogP contribution in [0.5, 0.6) is 0 Å². The van der Waals surface area contributed by atoms with Gasteiger partial charge in [0, 0.05) is 37.5 Å². The first kappa shape index (κ1) is 17.2. The zero-order chi connectivity index (χ0) is 15.9. The summed E-state index contributed by atoms with van der Waals surface area (Å²) in [6, 6.07) is 0.428. The third kappa shape index (κ3) is 3.62. The van der Waals surface area contributed by atoms with Crippen LogP contribution in [0, 0.1) is 5.92 Å². The molecular weight excluding hydrogens is 284 g/mol. The number of hydrogen-bond donors (Lipinski definition) is 1. The van der Waals surface area contributed by atoms with Crippen LogP contribution in [0.3, 0.4) is 0 Å². The second-order valence-corrected chi connectivity index (χ2v) is 10.8. The maximum absolute atomic E-state index is 12.1. The van der Waals surface area contributed by atoms with Crippen molar-refractivity contribution < 1.29 is 8.42 Å². The van der Waals surface area contributed by atoms with Gasteiger partial charge in [0.05, 0.1) is 4.75 Å². The van der Waals surface area contributed by atoms with Crippen LogP contribution in [0.4, 0.5) is 0 Å². The van der Waals surface area contributed by atoms with Crippen molar-refractivity contribution in [2.24, 2.45) is 5.92 Å². The molecule has 2 aliphatic rings. The largest absolute Gasteiger partial charge is 0.308 e. The minimum absolute atomic E-state index is 0.235. The van der Waals surface area contributed by atoms with E-state index in [2.05, 4.69) is 24.1 Å². The molecule has 1 unspecified atom stereocenters. The molecule has 5 heteroatoms. The standard InChI is InChI=1S/C16H32N2O2S/c1-13(2)14-10-17-16(8-6-7-9-16)12-18(14)11-15(3,4)21(5,19)20/h13-14,17H,6-12H2,1-5H3. The number of sulfone groups is 1. The minimum Gasteiger partial charge on any atom is -0.308 e. The molecule has 1 spiro atoms. The molecule has 21 heavy (non-hydrogen) atoms. The molecule has 2 rings (SSSR count). The van der Waals surface area contributed by atoms with Gasteiger partial charge < -0.3 is 5.32 Å². The fraction of sp³-hybridized carbons (Fsp3) is 1.00. The third-order valence-corrected chi connectivity index (χ3v) is 7.72. The van der Waals surface area contributed by atoms with Crippen LogP contribution in [0.25, 0.3) is 0 Å². The Morgan fingerprint density at radius 3 is 2.33 bits per heavy atom. The zero-order valence-electron chi connectivity index (χ0n) is 14.3. The Bertz CT molecular complexity index is 465. The maximum Gasteiger partial charge on any atom is 0.153 e. The van der Waals surface area contributed by atoms with Crippen molar-refractivity contribution in [2.45, 2.75) is 69.7 Å². The van der Waals surface area contributed by atoms with E-state index in [9.17, 15) is 8.42 Å². The van der Waals surface area contributed by atoms with Gasteiger partial charge in [-0.15, -0.1) is 0 Å². The summed E-state index contributed by atoms with van der Waals surface area (Å²) >= 11 is 0. The number of rotatable bonds is 4. The van der Waals surface area contributed by atoms with Crippen LogP contribution in [0.15, 0.2) is 0 Å². The Balaban J connectivity index is 2.18. The highest BCUT2D eigenvalue weighted by molar-refractivity contribution is 7.92. The molecule has 0 radical (unpaired) electrons. The summed E-state index contributed by atoms with van der Waals surface area (Å²) in [4.78, 5) is 2.45. The zero-order valence-corrected chi connectivity index (χ0v) is 15.1. The first-order valence-electron chi connectivity index (χ1n) is 8.25.